The highest BCUT2D eigenvalue weighted by Crippen LogP contribution is 2.29. The van der Waals surface area contributed by atoms with Gasteiger partial charge >= 0.3 is 0 Å². The van der Waals surface area contributed by atoms with Crippen LogP contribution in [0.25, 0.3) is 10.9 Å². The average molecular weight is 377 g/mol. The fourth-order valence-corrected chi connectivity index (χ4v) is 2.96. The molecule has 0 bridgehead atoms. The predicted octanol–water partition coefficient (Wildman–Crippen LogP) is 4.31. The largest absolute Gasteiger partial charge is 0.360 e. The molecule has 1 aromatic heterocycles. The van der Waals surface area contributed by atoms with Gasteiger partial charge in [0.15, 0.2) is 0 Å². The van der Waals surface area contributed by atoms with Gasteiger partial charge in [-0.15, -0.1) is 0 Å². The summed E-state index contributed by atoms with van der Waals surface area (Å²) in [4.78, 5) is 8.79. The van der Waals surface area contributed by atoms with Crippen LogP contribution in [0.3, 0.4) is 0 Å². The predicted molar refractivity (Wildman–Crippen MR) is 91.8 cm³/mol. The molecule has 0 fully saturated rings. The van der Waals surface area contributed by atoms with Crippen molar-refractivity contribution >= 4 is 39.3 Å². The summed E-state index contributed by atoms with van der Waals surface area (Å²) in [5.74, 6) is 0.912. The van der Waals surface area contributed by atoms with Gasteiger partial charge in [0.1, 0.15) is 12.1 Å². The maximum atomic E-state index is 4.45. The number of nitrogens with one attached hydrogen (secondary N) is 1. The van der Waals surface area contributed by atoms with Crippen molar-refractivity contribution in [2.45, 2.75) is 25.3 Å². The Kier molecular flexibility index (Phi) is 3.74. The Labute approximate surface area is 132 Å². The molecule has 2 aromatic rings. The molecule has 0 radical (unpaired) electrons. The Morgan fingerprint density at radius 2 is 2.20 bits per heavy atom. The van der Waals surface area contributed by atoms with E-state index in [0.29, 0.717) is 0 Å². The van der Waals surface area contributed by atoms with Gasteiger partial charge in [-0.05, 0) is 53.6 Å². The fourth-order valence-electron chi connectivity index (χ4n) is 2.47. The summed E-state index contributed by atoms with van der Waals surface area (Å²) < 4.78 is 1.19. The number of allylic oxidation sites excluding steroid dienone is 2. The van der Waals surface area contributed by atoms with E-state index in [0.717, 1.165) is 29.6 Å². The van der Waals surface area contributed by atoms with E-state index < -0.39 is 0 Å². The highest BCUT2D eigenvalue weighted by molar-refractivity contribution is 14.1. The van der Waals surface area contributed by atoms with Crippen LogP contribution in [-0.2, 0) is 0 Å². The van der Waals surface area contributed by atoms with Gasteiger partial charge in [0.25, 0.3) is 0 Å². The van der Waals surface area contributed by atoms with Crippen LogP contribution < -0.4 is 5.32 Å². The number of nitrogens with zero attached hydrogens (tertiary/aromatic N) is 2. The minimum Gasteiger partial charge on any atom is -0.360 e. The summed E-state index contributed by atoms with van der Waals surface area (Å²) in [5, 5.41) is 4.70. The minimum absolute atomic E-state index is 0.0443. The monoisotopic (exact) mass is 377 g/mol. The Balaban J connectivity index is 2.04. The molecule has 0 saturated heterocycles. The molecular formula is C16H16IN3. The smallest absolute Gasteiger partial charge is 0.138 e. The first-order chi connectivity index (χ1) is 9.72. The minimum atomic E-state index is -0.0443. The molecule has 4 heteroatoms. The van der Waals surface area contributed by atoms with Gasteiger partial charge in [0.2, 0.25) is 0 Å². The molecule has 3 nitrogen and oxygen atoms in total. The van der Waals surface area contributed by atoms with Crippen LogP contribution >= 0.6 is 22.6 Å². The zero-order valence-corrected chi connectivity index (χ0v) is 13.5. The van der Waals surface area contributed by atoms with Gasteiger partial charge in [-0.1, -0.05) is 31.2 Å². The number of anilines is 1. The molecule has 1 aliphatic carbocycles. The van der Waals surface area contributed by atoms with Crippen LogP contribution in [0.5, 0.6) is 0 Å². The first-order valence-electron chi connectivity index (χ1n) is 6.75. The molecule has 0 amide bonds. The van der Waals surface area contributed by atoms with E-state index in [4.69, 9.17) is 0 Å². The van der Waals surface area contributed by atoms with Crippen LogP contribution in [0.1, 0.15) is 19.8 Å². The zero-order valence-electron chi connectivity index (χ0n) is 11.3. The molecule has 0 aliphatic heterocycles. The summed E-state index contributed by atoms with van der Waals surface area (Å²) in [6, 6.07) is 6.24. The van der Waals surface area contributed by atoms with E-state index in [2.05, 4.69) is 81.2 Å². The van der Waals surface area contributed by atoms with E-state index in [1.54, 1.807) is 6.33 Å². The standard InChI is InChI=1S/C16H16IN3/c1-2-16(8-4-3-5-9-16)20-15-13-10-12(17)6-7-14(13)18-11-19-15/h3-8,10-11H,2,9H2,1H3,(H,18,19,20)/t16-/m0/s1. The first kappa shape index (κ1) is 13.5. The maximum Gasteiger partial charge on any atom is 0.138 e. The lowest BCUT2D eigenvalue weighted by Crippen LogP contribution is -2.36. The number of hydrogen-bond donors (Lipinski definition) is 1. The average Bonchev–Trinajstić information content (AvgIpc) is 2.49. The molecule has 1 N–H and O–H groups in total. The molecule has 1 aliphatic rings. The van der Waals surface area contributed by atoms with Crippen LogP contribution in [0.4, 0.5) is 5.82 Å². The second kappa shape index (κ2) is 5.52. The van der Waals surface area contributed by atoms with Gasteiger partial charge in [-0.2, -0.15) is 0 Å². The maximum absolute atomic E-state index is 4.45. The molecule has 0 unspecified atom stereocenters. The van der Waals surface area contributed by atoms with E-state index in [1.807, 2.05) is 6.07 Å². The third kappa shape index (κ3) is 2.57. The van der Waals surface area contributed by atoms with Gasteiger partial charge in [-0.25, -0.2) is 9.97 Å². The highest BCUT2D eigenvalue weighted by Gasteiger charge is 2.25. The van der Waals surface area contributed by atoms with Crippen LogP contribution in [0.15, 0.2) is 48.8 Å². The lowest BCUT2D eigenvalue weighted by Gasteiger charge is -2.32. The summed E-state index contributed by atoms with van der Waals surface area (Å²) in [5.41, 5.74) is 0.932. The van der Waals surface area contributed by atoms with Crippen molar-refractivity contribution in [3.05, 3.63) is 52.4 Å². The van der Waals surface area contributed by atoms with Crippen molar-refractivity contribution in [1.29, 1.82) is 0 Å². The van der Waals surface area contributed by atoms with Gasteiger partial charge in [0, 0.05) is 8.96 Å². The molecule has 1 aromatic carbocycles. The van der Waals surface area contributed by atoms with Crippen LogP contribution in [0.2, 0.25) is 0 Å². The van der Waals surface area contributed by atoms with Gasteiger partial charge < -0.3 is 5.32 Å². The number of aromatic nitrogens is 2. The van der Waals surface area contributed by atoms with Crippen LogP contribution in [0, 0.1) is 3.57 Å². The number of halogens is 1. The van der Waals surface area contributed by atoms with Gasteiger partial charge in [-0.3, -0.25) is 0 Å². The summed E-state index contributed by atoms with van der Waals surface area (Å²) >= 11 is 2.32. The molecule has 1 atom stereocenters. The SMILES string of the molecule is CC[C@]1(Nc2ncnc3ccc(I)cc23)C=CC=CC1. The van der Waals surface area contributed by atoms with Crippen molar-refractivity contribution in [1.82, 2.24) is 9.97 Å². The fraction of sp³-hybridized carbons (Fsp3) is 0.250. The van der Waals surface area contributed by atoms with E-state index >= 15 is 0 Å². The van der Waals surface area contributed by atoms with Crippen molar-refractivity contribution in [3.63, 3.8) is 0 Å². The Hall–Kier alpha value is -1.43. The molecular weight excluding hydrogens is 361 g/mol. The highest BCUT2D eigenvalue weighted by atomic mass is 127. The quantitative estimate of drug-likeness (QED) is 0.810. The van der Waals surface area contributed by atoms with Crippen molar-refractivity contribution in [2.75, 3.05) is 5.32 Å². The second-order valence-corrected chi connectivity index (χ2v) is 6.26. The molecule has 3 rings (SSSR count). The molecule has 0 spiro atoms. The topological polar surface area (TPSA) is 37.8 Å². The third-order valence-corrected chi connectivity index (χ3v) is 4.41. The Morgan fingerprint density at radius 1 is 1.30 bits per heavy atom. The van der Waals surface area contributed by atoms with E-state index in [-0.39, 0.29) is 5.54 Å². The summed E-state index contributed by atoms with van der Waals surface area (Å²) in [6.07, 6.45) is 12.3. The summed E-state index contributed by atoms with van der Waals surface area (Å²) in [7, 11) is 0. The molecule has 20 heavy (non-hydrogen) atoms. The van der Waals surface area contributed by atoms with Crippen molar-refractivity contribution < 1.29 is 0 Å². The number of benzene rings is 1. The molecule has 0 saturated carbocycles. The number of hydrogen-bond acceptors (Lipinski definition) is 3. The molecule has 1 heterocycles. The van der Waals surface area contributed by atoms with Crippen LogP contribution in [-0.4, -0.2) is 15.5 Å². The lowest BCUT2D eigenvalue weighted by atomic mass is 9.88. The third-order valence-electron chi connectivity index (χ3n) is 3.74. The normalized spacial score (nSPS) is 21.3. The second-order valence-electron chi connectivity index (χ2n) is 5.01. The van der Waals surface area contributed by atoms with E-state index in [1.165, 1.54) is 3.57 Å². The zero-order chi connectivity index (χ0) is 14.0. The Bertz CT molecular complexity index is 693. The first-order valence-corrected chi connectivity index (χ1v) is 7.83. The van der Waals surface area contributed by atoms with Gasteiger partial charge in [0.05, 0.1) is 11.1 Å². The number of fused-ring (bicyclic) bond motifs is 1. The Morgan fingerprint density at radius 3 is 2.95 bits per heavy atom. The number of rotatable bonds is 3. The van der Waals surface area contributed by atoms with Crippen molar-refractivity contribution in [3.8, 4) is 0 Å². The lowest BCUT2D eigenvalue weighted by molar-refractivity contribution is 0.555. The van der Waals surface area contributed by atoms with Crippen molar-refractivity contribution in [2.24, 2.45) is 0 Å². The summed E-state index contributed by atoms with van der Waals surface area (Å²) in [6.45, 7) is 2.20. The molecule has 102 valence electrons. The van der Waals surface area contributed by atoms with E-state index in [9.17, 15) is 0 Å².